The molecule has 4 aromatic rings. The Balaban J connectivity index is 1.45. The second kappa shape index (κ2) is 8.54. The van der Waals surface area contributed by atoms with Gasteiger partial charge in [0.2, 0.25) is 0 Å². The smallest absolute Gasteiger partial charge is 0.283 e. The van der Waals surface area contributed by atoms with Gasteiger partial charge in [0.05, 0.1) is 31.4 Å². The molecule has 2 fully saturated rings. The van der Waals surface area contributed by atoms with Crippen LogP contribution in [0.15, 0.2) is 53.6 Å². The first kappa shape index (κ1) is 24.4. The van der Waals surface area contributed by atoms with E-state index in [1.807, 2.05) is 16.7 Å². The van der Waals surface area contributed by atoms with E-state index in [2.05, 4.69) is 10.1 Å². The minimum absolute atomic E-state index is 0.0599. The molecule has 0 amide bonds. The van der Waals surface area contributed by atoms with Crippen LogP contribution in [0.2, 0.25) is 10.0 Å². The Labute approximate surface area is 222 Å². The summed E-state index contributed by atoms with van der Waals surface area (Å²) in [4.78, 5) is 8.06. The van der Waals surface area contributed by atoms with Crippen LogP contribution in [-0.4, -0.2) is 47.8 Å². The van der Waals surface area contributed by atoms with Crippen molar-refractivity contribution in [2.24, 2.45) is 0 Å². The number of benzene rings is 2. The van der Waals surface area contributed by atoms with Crippen molar-refractivity contribution < 1.29 is 17.2 Å². The van der Waals surface area contributed by atoms with Gasteiger partial charge < -0.3 is 9.80 Å². The molecule has 1 aliphatic heterocycles. The first-order chi connectivity index (χ1) is 17.6. The number of hydrogen-bond donors (Lipinski definition) is 0. The summed E-state index contributed by atoms with van der Waals surface area (Å²) >= 11 is 12.3. The molecular formula is C25H21Cl2F2N5O2S. The maximum absolute atomic E-state index is 14.6. The van der Waals surface area contributed by atoms with Gasteiger partial charge >= 0.3 is 0 Å². The fourth-order valence-corrected chi connectivity index (χ4v) is 6.65. The average molecular weight is 564 g/mol. The van der Waals surface area contributed by atoms with E-state index in [0.717, 1.165) is 28.6 Å². The summed E-state index contributed by atoms with van der Waals surface area (Å²) in [5, 5.41) is 4.77. The average Bonchev–Trinajstić information content (AvgIpc) is 3.50. The van der Waals surface area contributed by atoms with Crippen molar-refractivity contribution in [2.45, 2.75) is 30.2 Å². The van der Waals surface area contributed by atoms with Crippen molar-refractivity contribution in [1.29, 1.82) is 0 Å². The van der Waals surface area contributed by atoms with Crippen LogP contribution in [0.5, 0.6) is 0 Å². The Hall–Kier alpha value is -2.95. The molecule has 12 heteroatoms. The minimum atomic E-state index is -4.09. The topological polar surface area (TPSA) is 71.3 Å². The normalized spacial score (nSPS) is 17.1. The van der Waals surface area contributed by atoms with Gasteiger partial charge in [0.25, 0.3) is 10.0 Å². The van der Waals surface area contributed by atoms with Gasteiger partial charge in [-0.2, -0.15) is 12.5 Å². The lowest BCUT2D eigenvalue weighted by atomic mass is 10.1. The van der Waals surface area contributed by atoms with Crippen molar-refractivity contribution in [3.63, 3.8) is 0 Å². The molecule has 2 aliphatic rings. The summed E-state index contributed by atoms with van der Waals surface area (Å²) in [7, 11) is -4.09. The highest BCUT2D eigenvalue weighted by atomic mass is 35.5. The number of rotatable bonds is 4. The standard InChI is InChI=1S/C25H21Cl2F2N5O2S/c1-15-2-4-17(5-3-15)37(35,36)34-20-7-6-18(28)22(27)21(20)24(31-34)33-11-10-32(14-25(33)8-9-25)23-19(29)12-16(26)13-30-23/h2-7,12-13H,8-11,14H2,1H3. The highest BCUT2D eigenvalue weighted by molar-refractivity contribution is 7.90. The van der Waals surface area contributed by atoms with Crippen LogP contribution in [-0.2, 0) is 10.0 Å². The lowest BCUT2D eigenvalue weighted by molar-refractivity contribution is 0.492. The zero-order chi connectivity index (χ0) is 26.1. The van der Waals surface area contributed by atoms with Gasteiger partial charge in [0.1, 0.15) is 5.82 Å². The zero-order valence-electron chi connectivity index (χ0n) is 19.6. The van der Waals surface area contributed by atoms with Crippen molar-refractivity contribution >= 4 is 55.8 Å². The van der Waals surface area contributed by atoms with Crippen LogP contribution < -0.4 is 9.80 Å². The van der Waals surface area contributed by atoms with Crippen LogP contribution in [0.25, 0.3) is 10.9 Å². The van der Waals surface area contributed by atoms with Crippen LogP contribution in [0.3, 0.4) is 0 Å². The first-order valence-corrected chi connectivity index (χ1v) is 13.8. The summed E-state index contributed by atoms with van der Waals surface area (Å²) in [6, 6.07) is 10.2. The van der Waals surface area contributed by atoms with Crippen molar-refractivity contribution in [1.82, 2.24) is 14.2 Å². The molecule has 0 atom stereocenters. The second-order valence-corrected chi connectivity index (χ2v) is 12.1. The number of nitrogens with zero attached hydrogens (tertiary/aromatic N) is 5. The largest absolute Gasteiger partial charge is 0.350 e. The van der Waals surface area contributed by atoms with Gasteiger partial charge in [0.15, 0.2) is 17.5 Å². The summed E-state index contributed by atoms with van der Waals surface area (Å²) in [5.74, 6) is -0.687. The minimum Gasteiger partial charge on any atom is -0.350 e. The number of piperazine rings is 1. The van der Waals surface area contributed by atoms with E-state index in [4.69, 9.17) is 23.2 Å². The second-order valence-electron chi connectivity index (χ2n) is 9.50. The lowest BCUT2D eigenvalue weighted by Crippen LogP contribution is -2.56. The van der Waals surface area contributed by atoms with Crippen LogP contribution >= 0.6 is 23.2 Å². The molecular weight excluding hydrogens is 543 g/mol. The molecule has 2 aromatic heterocycles. The highest BCUT2D eigenvalue weighted by Crippen LogP contribution is 2.49. The van der Waals surface area contributed by atoms with Gasteiger partial charge in [-0.3, -0.25) is 0 Å². The van der Waals surface area contributed by atoms with E-state index in [1.54, 1.807) is 12.1 Å². The molecule has 0 unspecified atom stereocenters. The summed E-state index contributed by atoms with van der Waals surface area (Å²) < 4.78 is 57.4. The summed E-state index contributed by atoms with van der Waals surface area (Å²) in [6.45, 7) is 3.07. The number of anilines is 2. The predicted octanol–water partition coefficient (Wildman–Crippen LogP) is 5.42. The summed E-state index contributed by atoms with van der Waals surface area (Å²) in [5.41, 5.74) is 0.655. The zero-order valence-corrected chi connectivity index (χ0v) is 22.0. The summed E-state index contributed by atoms with van der Waals surface area (Å²) in [6.07, 6.45) is 2.94. The van der Waals surface area contributed by atoms with E-state index in [1.165, 1.54) is 30.5 Å². The third-order valence-corrected chi connectivity index (χ3v) is 9.23. The number of pyridine rings is 1. The van der Waals surface area contributed by atoms with Gasteiger partial charge in [-0.15, -0.1) is 5.10 Å². The molecule has 1 saturated carbocycles. The monoisotopic (exact) mass is 563 g/mol. The van der Waals surface area contributed by atoms with Crippen LogP contribution in [0.1, 0.15) is 18.4 Å². The predicted molar refractivity (Wildman–Crippen MR) is 139 cm³/mol. The quantitative estimate of drug-likeness (QED) is 0.330. The molecule has 37 heavy (non-hydrogen) atoms. The fraction of sp³-hybridized carbons (Fsp3) is 0.280. The SMILES string of the molecule is Cc1ccc(S(=O)(=O)n2nc(N3CCN(c4ncc(Cl)cc4F)CC34CC4)c3c(Cl)c(F)ccc32)cc1. The third-order valence-electron chi connectivity index (χ3n) is 7.06. The van der Waals surface area contributed by atoms with Crippen molar-refractivity contribution in [3.05, 3.63) is 75.9 Å². The molecule has 6 rings (SSSR count). The number of hydrogen-bond acceptors (Lipinski definition) is 6. The van der Waals surface area contributed by atoms with Crippen LogP contribution in [0, 0.1) is 18.6 Å². The van der Waals surface area contributed by atoms with Gasteiger partial charge in [-0.05, 0) is 50.1 Å². The molecule has 0 radical (unpaired) electrons. The first-order valence-electron chi connectivity index (χ1n) is 11.6. The maximum Gasteiger partial charge on any atom is 0.283 e. The van der Waals surface area contributed by atoms with E-state index in [0.29, 0.717) is 19.6 Å². The Morgan fingerprint density at radius 3 is 2.38 bits per heavy atom. The number of aromatic nitrogens is 3. The Kier molecular flexibility index (Phi) is 5.63. The number of aryl methyl sites for hydroxylation is 1. The van der Waals surface area contributed by atoms with E-state index in [-0.39, 0.29) is 37.5 Å². The lowest BCUT2D eigenvalue weighted by Gasteiger charge is -2.43. The molecule has 0 N–H and O–H groups in total. The maximum atomic E-state index is 14.6. The van der Waals surface area contributed by atoms with E-state index < -0.39 is 27.2 Å². The fourth-order valence-electron chi connectivity index (χ4n) is 4.99. The third kappa shape index (κ3) is 3.93. The molecule has 2 aromatic carbocycles. The molecule has 1 aliphatic carbocycles. The van der Waals surface area contributed by atoms with Crippen LogP contribution in [0.4, 0.5) is 20.4 Å². The van der Waals surface area contributed by atoms with Crippen molar-refractivity contribution in [3.8, 4) is 0 Å². The molecule has 1 saturated heterocycles. The molecule has 1 spiro atoms. The number of halogens is 4. The van der Waals surface area contributed by atoms with E-state index >= 15 is 0 Å². The Morgan fingerprint density at radius 1 is 0.973 bits per heavy atom. The Morgan fingerprint density at radius 2 is 1.70 bits per heavy atom. The Bertz CT molecular complexity index is 1660. The number of fused-ring (bicyclic) bond motifs is 1. The highest BCUT2D eigenvalue weighted by Gasteiger charge is 2.53. The van der Waals surface area contributed by atoms with Gasteiger partial charge in [-0.25, -0.2) is 13.8 Å². The molecule has 7 nitrogen and oxygen atoms in total. The van der Waals surface area contributed by atoms with E-state index in [9.17, 15) is 17.2 Å². The molecule has 192 valence electrons. The molecule has 0 bridgehead atoms. The van der Waals surface area contributed by atoms with Gasteiger partial charge in [-0.1, -0.05) is 40.9 Å². The van der Waals surface area contributed by atoms with Crippen molar-refractivity contribution in [2.75, 3.05) is 29.4 Å². The molecule has 3 heterocycles. The van der Waals surface area contributed by atoms with Gasteiger partial charge in [0, 0.05) is 25.8 Å².